The van der Waals surface area contributed by atoms with E-state index in [0.29, 0.717) is 5.92 Å². The van der Waals surface area contributed by atoms with Gasteiger partial charge in [-0.1, -0.05) is 31.0 Å². The zero-order valence-electron chi connectivity index (χ0n) is 10.7. The summed E-state index contributed by atoms with van der Waals surface area (Å²) < 4.78 is 0. The number of hydrogen-bond acceptors (Lipinski definition) is 2. The second-order valence-corrected chi connectivity index (χ2v) is 5.25. The Balaban J connectivity index is 1.86. The third kappa shape index (κ3) is 1.84. The van der Waals surface area contributed by atoms with E-state index in [2.05, 4.69) is 5.10 Å². The van der Waals surface area contributed by atoms with Crippen LogP contribution in [-0.2, 0) is 4.79 Å². The monoisotopic (exact) mass is 242 g/mol. The summed E-state index contributed by atoms with van der Waals surface area (Å²) in [4.78, 5) is 12.5. The average Bonchev–Trinajstić information content (AvgIpc) is 2.99. The highest BCUT2D eigenvalue weighted by Crippen LogP contribution is 2.36. The van der Waals surface area contributed by atoms with Crippen LogP contribution in [0.25, 0.3) is 0 Å². The molecule has 1 aliphatic carbocycles. The molecule has 0 aromatic heterocycles. The van der Waals surface area contributed by atoms with Crippen molar-refractivity contribution in [1.29, 1.82) is 0 Å². The van der Waals surface area contributed by atoms with Crippen LogP contribution in [0.4, 0.5) is 5.69 Å². The first-order chi connectivity index (χ1) is 8.77. The van der Waals surface area contributed by atoms with Crippen LogP contribution >= 0.6 is 0 Å². The highest BCUT2D eigenvalue weighted by atomic mass is 16.2. The summed E-state index contributed by atoms with van der Waals surface area (Å²) in [5, 5.41) is 6.05. The largest absolute Gasteiger partial charge is 0.272 e. The van der Waals surface area contributed by atoms with Gasteiger partial charge in [-0.15, -0.1) is 0 Å². The van der Waals surface area contributed by atoms with Crippen molar-refractivity contribution in [3.8, 4) is 0 Å². The minimum atomic E-state index is 0.0210. The van der Waals surface area contributed by atoms with Crippen molar-refractivity contribution >= 4 is 17.3 Å². The number of hydrogen-bond donors (Lipinski definition) is 0. The summed E-state index contributed by atoms with van der Waals surface area (Å²) >= 11 is 0. The first-order valence-corrected chi connectivity index (χ1v) is 6.71. The summed E-state index contributed by atoms with van der Waals surface area (Å²) in [7, 11) is 0. The maximum absolute atomic E-state index is 12.5. The summed E-state index contributed by atoms with van der Waals surface area (Å²) in [6.07, 6.45) is 4.86. The molecule has 2 aliphatic rings. The van der Waals surface area contributed by atoms with Crippen molar-refractivity contribution in [3.05, 3.63) is 30.3 Å². The lowest BCUT2D eigenvalue weighted by Gasteiger charge is -2.18. The fraction of sp³-hybridized carbons (Fsp3) is 0.467. The van der Waals surface area contributed by atoms with Gasteiger partial charge in [-0.2, -0.15) is 5.10 Å². The second-order valence-electron chi connectivity index (χ2n) is 5.25. The van der Waals surface area contributed by atoms with Crippen LogP contribution in [0.5, 0.6) is 0 Å². The molecule has 94 valence electrons. The standard InChI is InChI=1S/C15H18N2O/c1-11-14(12-7-5-6-8-12)15(18)17(16-11)13-9-3-2-4-10-13/h2-4,9-10,12,14H,5-8H2,1H3. The van der Waals surface area contributed by atoms with Gasteiger partial charge in [0.05, 0.1) is 11.6 Å². The molecule has 1 fully saturated rings. The third-order valence-electron chi connectivity index (χ3n) is 4.05. The Bertz CT molecular complexity index is 475. The molecule has 1 amide bonds. The van der Waals surface area contributed by atoms with Crippen LogP contribution in [0.2, 0.25) is 0 Å². The number of carbonyl (C=O) groups is 1. The molecule has 1 aromatic rings. The van der Waals surface area contributed by atoms with Crippen molar-refractivity contribution in [3.63, 3.8) is 0 Å². The highest BCUT2D eigenvalue weighted by Gasteiger charge is 2.40. The quantitative estimate of drug-likeness (QED) is 0.783. The van der Waals surface area contributed by atoms with Gasteiger partial charge in [0.25, 0.3) is 5.91 Å². The summed E-state index contributed by atoms with van der Waals surface area (Å²) in [6, 6.07) is 9.71. The Morgan fingerprint density at radius 3 is 2.50 bits per heavy atom. The molecule has 18 heavy (non-hydrogen) atoms. The summed E-state index contributed by atoms with van der Waals surface area (Å²) in [5.74, 6) is 0.688. The summed E-state index contributed by atoms with van der Waals surface area (Å²) in [5.41, 5.74) is 1.86. The van der Waals surface area contributed by atoms with E-state index in [9.17, 15) is 4.79 Å². The molecule has 0 spiro atoms. The van der Waals surface area contributed by atoms with E-state index in [1.807, 2.05) is 37.3 Å². The number of nitrogens with zero attached hydrogens (tertiary/aromatic N) is 2. The molecule has 1 aromatic carbocycles. The number of rotatable bonds is 2. The van der Waals surface area contributed by atoms with E-state index < -0.39 is 0 Å². The van der Waals surface area contributed by atoms with Crippen molar-refractivity contribution in [2.75, 3.05) is 5.01 Å². The Morgan fingerprint density at radius 1 is 1.17 bits per heavy atom. The Labute approximate surface area is 107 Å². The minimum absolute atomic E-state index is 0.0210. The van der Waals surface area contributed by atoms with Gasteiger partial charge in [0, 0.05) is 5.71 Å². The molecule has 1 heterocycles. The average molecular weight is 242 g/mol. The van der Waals surface area contributed by atoms with Crippen LogP contribution < -0.4 is 5.01 Å². The predicted molar refractivity (Wildman–Crippen MR) is 72.5 cm³/mol. The molecule has 1 unspecified atom stereocenters. The van der Waals surface area contributed by atoms with E-state index in [0.717, 1.165) is 11.4 Å². The van der Waals surface area contributed by atoms with Crippen molar-refractivity contribution < 1.29 is 4.79 Å². The zero-order chi connectivity index (χ0) is 12.5. The topological polar surface area (TPSA) is 32.7 Å². The van der Waals surface area contributed by atoms with Gasteiger partial charge in [-0.3, -0.25) is 4.79 Å². The first-order valence-electron chi connectivity index (χ1n) is 6.71. The molecule has 1 atom stereocenters. The molecule has 0 radical (unpaired) electrons. The number of amides is 1. The van der Waals surface area contributed by atoms with Crippen LogP contribution in [0.15, 0.2) is 35.4 Å². The molecule has 1 aliphatic heterocycles. The highest BCUT2D eigenvalue weighted by molar-refractivity contribution is 6.15. The molecule has 3 rings (SSSR count). The number of anilines is 1. The smallest absolute Gasteiger partial charge is 0.256 e. The van der Waals surface area contributed by atoms with Crippen molar-refractivity contribution in [1.82, 2.24) is 0 Å². The molecule has 3 heteroatoms. The van der Waals surface area contributed by atoms with E-state index in [1.165, 1.54) is 25.7 Å². The van der Waals surface area contributed by atoms with Crippen LogP contribution in [0.3, 0.4) is 0 Å². The maximum atomic E-state index is 12.5. The van der Waals surface area contributed by atoms with E-state index in [4.69, 9.17) is 0 Å². The molecule has 3 nitrogen and oxygen atoms in total. The second kappa shape index (κ2) is 4.56. The van der Waals surface area contributed by atoms with Crippen LogP contribution in [-0.4, -0.2) is 11.6 Å². The van der Waals surface area contributed by atoms with Gasteiger partial charge < -0.3 is 0 Å². The van der Waals surface area contributed by atoms with Gasteiger partial charge in [-0.25, -0.2) is 5.01 Å². The number of benzene rings is 1. The molecule has 0 N–H and O–H groups in total. The molecule has 0 bridgehead atoms. The Morgan fingerprint density at radius 2 is 1.83 bits per heavy atom. The molecule has 1 saturated carbocycles. The first kappa shape index (κ1) is 11.5. The Kier molecular flexibility index (Phi) is 2.90. The normalized spacial score (nSPS) is 24.7. The van der Waals surface area contributed by atoms with Crippen molar-refractivity contribution in [2.45, 2.75) is 32.6 Å². The Hall–Kier alpha value is -1.64. The maximum Gasteiger partial charge on any atom is 0.256 e. The zero-order valence-corrected chi connectivity index (χ0v) is 10.7. The fourth-order valence-corrected chi connectivity index (χ4v) is 3.17. The van der Waals surface area contributed by atoms with Crippen LogP contribution in [0, 0.1) is 11.8 Å². The molecule has 0 saturated heterocycles. The lowest BCUT2D eigenvalue weighted by molar-refractivity contribution is -0.120. The summed E-state index contributed by atoms with van der Waals surface area (Å²) in [6.45, 7) is 1.99. The fourth-order valence-electron chi connectivity index (χ4n) is 3.17. The molecular weight excluding hydrogens is 224 g/mol. The lowest BCUT2D eigenvalue weighted by Crippen LogP contribution is -2.31. The van der Waals surface area contributed by atoms with E-state index >= 15 is 0 Å². The number of para-hydroxylation sites is 1. The third-order valence-corrected chi connectivity index (χ3v) is 4.05. The van der Waals surface area contributed by atoms with E-state index in [1.54, 1.807) is 5.01 Å². The van der Waals surface area contributed by atoms with Crippen LogP contribution in [0.1, 0.15) is 32.6 Å². The number of hydrazone groups is 1. The molecular formula is C15H18N2O. The lowest BCUT2D eigenvalue weighted by atomic mass is 9.87. The SMILES string of the molecule is CC1=NN(c2ccccc2)C(=O)C1C1CCCC1. The van der Waals surface area contributed by atoms with E-state index in [-0.39, 0.29) is 11.8 Å². The van der Waals surface area contributed by atoms with Gasteiger partial charge in [0.15, 0.2) is 0 Å². The van der Waals surface area contributed by atoms with Gasteiger partial charge >= 0.3 is 0 Å². The van der Waals surface area contributed by atoms with Crippen molar-refractivity contribution in [2.24, 2.45) is 16.9 Å². The van der Waals surface area contributed by atoms with Gasteiger partial charge in [-0.05, 0) is 37.8 Å². The predicted octanol–water partition coefficient (Wildman–Crippen LogP) is 3.22. The van der Waals surface area contributed by atoms with Gasteiger partial charge in [0.1, 0.15) is 0 Å². The van der Waals surface area contributed by atoms with Gasteiger partial charge in [0.2, 0.25) is 0 Å². The number of carbonyl (C=O) groups excluding carboxylic acids is 1. The minimum Gasteiger partial charge on any atom is -0.272 e.